The fourth-order valence-electron chi connectivity index (χ4n) is 3.32. The van der Waals surface area contributed by atoms with Gasteiger partial charge in [-0.05, 0) is 56.6 Å². The SMILES string of the molecule is C/C=C\C(C)=C(/C)[C@]1(C)CCc2[nH]ccc2[C@H]1C. The molecule has 0 aliphatic heterocycles. The maximum atomic E-state index is 3.39. The molecular formula is C17H25N. The van der Waals surface area contributed by atoms with Gasteiger partial charge < -0.3 is 4.98 Å². The van der Waals surface area contributed by atoms with E-state index in [0.29, 0.717) is 11.3 Å². The Morgan fingerprint density at radius 2 is 2.17 bits per heavy atom. The Balaban J connectivity index is 2.42. The molecule has 1 aromatic rings. The van der Waals surface area contributed by atoms with Crippen molar-refractivity contribution in [2.75, 3.05) is 0 Å². The maximum Gasteiger partial charge on any atom is 0.0183 e. The molecule has 18 heavy (non-hydrogen) atoms. The number of fused-ring (bicyclic) bond motifs is 1. The van der Waals surface area contributed by atoms with E-state index in [1.54, 1.807) is 5.57 Å². The van der Waals surface area contributed by atoms with Gasteiger partial charge in [0.25, 0.3) is 0 Å². The molecule has 1 aliphatic rings. The third-order valence-corrected chi connectivity index (χ3v) is 5.05. The zero-order valence-electron chi connectivity index (χ0n) is 12.3. The van der Waals surface area contributed by atoms with Crippen molar-refractivity contribution < 1.29 is 0 Å². The van der Waals surface area contributed by atoms with Crippen LogP contribution < -0.4 is 0 Å². The molecule has 1 nitrogen and oxygen atoms in total. The second-order valence-electron chi connectivity index (χ2n) is 5.86. The number of aromatic nitrogens is 1. The summed E-state index contributed by atoms with van der Waals surface area (Å²) in [5, 5.41) is 0. The molecule has 0 bridgehead atoms. The number of allylic oxidation sites excluding steroid dienone is 4. The molecule has 0 radical (unpaired) electrons. The van der Waals surface area contributed by atoms with E-state index in [2.05, 4.69) is 64.0 Å². The summed E-state index contributed by atoms with van der Waals surface area (Å²) in [6.07, 6.45) is 8.87. The molecule has 1 heterocycles. The van der Waals surface area contributed by atoms with Gasteiger partial charge in [0, 0.05) is 11.9 Å². The van der Waals surface area contributed by atoms with E-state index in [9.17, 15) is 0 Å². The average Bonchev–Trinajstić information content (AvgIpc) is 2.82. The lowest BCUT2D eigenvalue weighted by molar-refractivity contribution is 0.282. The second-order valence-corrected chi connectivity index (χ2v) is 5.86. The maximum absolute atomic E-state index is 3.39. The first-order valence-electron chi connectivity index (χ1n) is 6.97. The molecule has 0 aromatic carbocycles. The highest BCUT2D eigenvalue weighted by molar-refractivity contribution is 5.37. The van der Waals surface area contributed by atoms with Gasteiger partial charge in [0.05, 0.1) is 0 Å². The van der Waals surface area contributed by atoms with Crippen LogP contribution in [0.4, 0.5) is 0 Å². The first kappa shape index (κ1) is 13.2. The number of hydrogen-bond acceptors (Lipinski definition) is 0. The second kappa shape index (κ2) is 4.79. The van der Waals surface area contributed by atoms with Gasteiger partial charge in [0.1, 0.15) is 0 Å². The minimum atomic E-state index is 0.290. The normalized spacial score (nSPS) is 29.3. The topological polar surface area (TPSA) is 15.8 Å². The fourth-order valence-corrected chi connectivity index (χ4v) is 3.32. The Kier molecular flexibility index (Phi) is 3.52. The Morgan fingerprint density at radius 1 is 1.44 bits per heavy atom. The lowest BCUT2D eigenvalue weighted by Gasteiger charge is -2.41. The lowest BCUT2D eigenvalue weighted by atomic mass is 9.63. The van der Waals surface area contributed by atoms with Gasteiger partial charge in [-0.15, -0.1) is 0 Å². The predicted octanol–water partition coefficient (Wildman–Crippen LogP) is 4.98. The predicted molar refractivity (Wildman–Crippen MR) is 78.8 cm³/mol. The summed E-state index contributed by atoms with van der Waals surface area (Å²) < 4.78 is 0. The highest BCUT2D eigenvalue weighted by Crippen LogP contribution is 2.50. The summed E-state index contributed by atoms with van der Waals surface area (Å²) in [5.74, 6) is 0.590. The number of aryl methyl sites for hydroxylation is 1. The number of aromatic amines is 1. The van der Waals surface area contributed by atoms with Crippen molar-refractivity contribution >= 4 is 0 Å². The molecule has 1 aromatic heterocycles. The van der Waals surface area contributed by atoms with Crippen LogP contribution in [0.1, 0.15) is 58.2 Å². The molecule has 0 spiro atoms. The molecule has 98 valence electrons. The van der Waals surface area contributed by atoms with Crippen molar-refractivity contribution in [2.24, 2.45) is 5.41 Å². The zero-order valence-corrected chi connectivity index (χ0v) is 12.3. The van der Waals surface area contributed by atoms with Gasteiger partial charge in [-0.25, -0.2) is 0 Å². The van der Waals surface area contributed by atoms with E-state index in [0.717, 1.165) is 0 Å². The molecule has 0 unspecified atom stereocenters. The van der Waals surface area contributed by atoms with Crippen LogP contribution in [0.25, 0.3) is 0 Å². The van der Waals surface area contributed by atoms with Crippen LogP contribution >= 0.6 is 0 Å². The highest BCUT2D eigenvalue weighted by Gasteiger charge is 2.38. The smallest absolute Gasteiger partial charge is 0.0183 e. The molecule has 0 saturated heterocycles. The molecular weight excluding hydrogens is 218 g/mol. The number of rotatable bonds is 2. The third kappa shape index (κ3) is 1.96. The molecule has 0 saturated carbocycles. The molecule has 0 fully saturated rings. The van der Waals surface area contributed by atoms with Crippen LogP contribution in [-0.2, 0) is 6.42 Å². The van der Waals surface area contributed by atoms with Crippen molar-refractivity contribution in [3.8, 4) is 0 Å². The lowest BCUT2D eigenvalue weighted by Crippen LogP contribution is -2.30. The Labute approximate surface area is 111 Å². The quantitative estimate of drug-likeness (QED) is 0.705. The fraction of sp³-hybridized carbons (Fsp3) is 0.529. The monoisotopic (exact) mass is 243 g/mol. The Bertz CT molecular complexity index is 489. The van der Waals surface area contributed by atoms with E-state index < -0.39 is 0 Å². The van der Waals surface area contributed by atoms with Gasteiger partial charge in [0.15, 0.2) is 0 Å². The van der Waals surface area contributed by atoms with Gasteiger partial charge >= 0.3 is 0 Å². The summed E-state index contributed by atoms with van der Waals surface area (Å²) in [4.78, 5) is 3.39. The van der Waals surface area contributed by atoms with Gasteiger partial charge in [0.2, 0.25) is 0 Å². The Hall–Kier alpha value is -1.24. The standard InChI is InChI=1S/C17H25N/c1-6-7-12(2)13(3)17(5)10-8-16-15(14(17)4)9-11-18-16/h6-7,9,11,14,18H,8,10H2,1-5H3/b7-6-,13-12+/t14-,17+/m1/s1. The first-order chi connectivity index (χ1) is 8.50. The highest BCUT2D eigenvalue weighted by atomic mass is 14.7. The van der Waals surface area contributed by atoms with Crippen LogP contribution in [0.2, 0.25) is 0 Å². The zero-order chi connectivity index (χ0) is 13.3. The van der Waals surface area contributed by atoms with Gasteiger partial charge in [-0.2, -0.15) is 0 Å². The van der Waals surface area contributed by atoms with Crippen LogP contribution in [0, 0.1) is 5.41 Å². The van der Waals surface area contributed by atoms with Crippen LogP contribution in [0.5, 0.6) is 0 Å². The van der Waals surface area contributed by atoms with Gasteiger partial charge in [-0.1, -0.05) is 37.1 Å². The molecule has 1 N–H and O–H groups in total. The van der Waals surface area contributed by atoms with Crippen LogP contribution in [0.3, 0.4) is 0 Å². The summed E-state index contributed by atoms with van der Waals surface area (Å²) in [7, 11) is 0. The minimum absolute atomic E-state index is 0.290. The Morgan fingerprint density at radius 3 is 2.83 bits per heavy atom. The summed E-state index contributed by atoms with van der Waals surface area (Å²) in [6, 6.07) is 2.26. The number of H-pyrrole nitrogens is 1. The summed E-state index contributed by atoms with van der Waals surface area (Å²) >= 11 is 0. The van der Waals surface area contributed by atoms with Crippen LogP contribution in [-0.4, -0.2) is 4.98 Å². The van der Waals surface area contributed by atoms with E-state index >= 15 is 0 Å². The molecule has 2 rings (SSSR count). The summed E-state index contributed by atoms with van der Waals surface area (Å²) in [5.41, 5.74) is 6.21. The third-order valence-electron chi connectivity index (χ3n) is 5.05. The van der Waals surface area contributed by atoms with Crippen LogP contribution in [0.15, 0.2) is 35.6 Å². The molecule has 1 heteroatoms. The largest absolute Gasteiger partial charge is 0.365 e. The molecule has 2 atom stereocenters. The van der Waals surface area contributed by atoms with Gasteiger partial charge in [-0.3, -0.25) is 0 Å². The number of hydrogen-bond donors (Lipinski definition) is 1. The molecule has 1 aliphatic carbocycles. The molecule has 0 amide bonds. The number of nitrogens with one attached hydrogen (secondary N) is 1. The average molecular weight is 243 g/mol. The van der Waals surface area contributed by atoms with Crippen molar-refractivity contribution in [1.82, 2.24) is 4.98 Å². The first-order valence-corrected chi connectivity index (χ1v) is 6.97. The van der Waals surface area contributed by atoms with Crippen molar-refractivity contribution in [1.29, 1.82) is 0 Å². The van der Waals surface area contributed by atoms with Crippen molar-refractivity contribution in [3.05, 3.63) is 46.8 Å². The van der Waals surface area contributed by atoms with Crippen molar-refractivity contribution in [3.63, 3.8) is 0 Å². The minimum Gasteiger partial charge on any atom is -0.365 e. The van der Waals surface area contributed by atoms with Crippen molar-refractivity contribution in [2.45, 2.75) is 53.4 Å². The van der Waals surface area contributed by atoms with E-state index in [1.807, 2.05) is 0 Å². The van der Waals surface area contributed by atoms with E-state index in [1.165, 1.54) is 29.7 Å². The summed E-state index contributed by atoms with van der Waals surface area (Å²) in [6.45, 7) is 11.4. The van der Waals surface area contributed by atoms with E-state index in [4.69, 9.17) is 0 Å². The van der Waals surface area contributed by atoms with E-state index in [-0.39, 0.29) is 0 Å².